The molecule has 11 aromatic rings. The first kappa shape index (κ1) is 30.0. The first-order valence-electron chi connectivity index (χ1n) is 18.0. The van der Waals surface area contributed by atoms with Gasteiger partial charge >= 0.3 is 0 Å². The van der Waals surface area contributed by atoms with Crippen LogP contribution in [0.15, 0.2) is 192 Å². The van der Waals surface area contributed by atoms with Crippen LogP contribution >= 0.6 is 11.3 Å². The fraction of sp³-hybridized carbons (Fsp3) is 0. The minimum Gasteiger partial charge on any atom is -0.456 e. The molecule has 0 unspecified atom stereocenters. The summed E-state index contributed by atoms with van der Waals surface area (Å²) in [5, 5.41) is 9.71. The summed E-state index contributed by atoms with van der Waals surface area (Å²) in [7, 11) is 0. The first-order chi connectivity index (χ1) is 26.3. The number of hydrogen-bond donors (Lipinski definition) is 0. The second-order valence-corrected chi connectivity index (χ2v) is 14.7. The molecule has 2 heterocycles. The molecule has 11 rings (SSSR count). The van der Waals surface area contributed by atoms with Crippen LogP contribution in [0.5, 0.6) is 0 Å². The highest BCUT2D eigenvalue weighted by Crippen LogP contribution is 2.50. The zero-order valence-electron chi connectivity index (χ0n) is 28.7. The predicted molar refractivity (Wildman–Crippen MR) is 227 cm³/mol. The minimum absolute atomic E-state index is 0.875. The third-order valence-corrected chi connectivity index (χ3v) is 11.8. The zero-order valence-corrected chi connectivity index (χ0v) is 29.5. The normalized spacial score (nSPS) is 11.8. The van der Waals surface area contributed by atoms with Crippen molar-refractivity contribution in [1.82, 2.24) is 0 Å². The lowest BCUT2D eigenvalue weighted by Gasteiger charge is -2.27. The quantitative estimate of drug-likeness (QED) is 0.167. The molecule has 0 saturated carbocycles. The topological polar surface area (TPSA) is 16.4 Å². The number of thiophene rings is 1. The van der Waals surface area contributed by atoms with Gasteiger partial charge in [-0.1, -0.05) is 140 Å². The standard InChI is InChI=1S/C50H31NOS/c1-3-11-32(12-4-1)35-21-24-44-48(30-35)53-50-41(33-13-5-2-6-14-33)27-28-45(49(44)50)51(38-23-26-43-42-17-9-10-18-46(42)52-47(43)31-38)37-22-25-40-36(29-37)20-19-34-15-7-8-16-39(34)40/h1-31H. The smallest absolute Gasteiger partial charge is 0.137 e. The summed E-state index contributed by atoms with van der Waals surface area (Å²) in [6.07, 6.45) is 0. The van der Waals surface area contributed by atoms with Crippen molar-refractivity contribution in [1.29, 1.82) is 0 Å². The molecule has 3 heteroatoms. The van der Waals surface area contributed by atoms with Gasteiger partial charge in [0.15, 0.2) is 0 Å². The number of benzene rings is 9. The Kier molecular flexibility index (Phi) is 6.76. The van der Waals surface area contributed by atoms with Gasteiger partial charge in [-0.15, -0.1) is 11.3 Å². The Morgan fingerprint density at radius 1 is 0.396 bits per heavy atom. The zero-order chi connectivity index (χ0) is 34.9. The summed E-state index contributed by atoms with van der Waals surface area (Å²) in [6.45, 7) is 0. The largest absolute Gasteiger partial charge is 0.456 e. The highest BCUT2D eigenvalue weighted by atomic mass is 32.1. The van der Waals surface area contributed by atoms with Crippen molar-refractivity contribution in [2.75, 3.05) is 4.90 Å². The van der Waals surface area contributed by atoms with E-state index in [1.54, 1.807) is 0 Å². The number of para-hydroxylation sites is 1. The maximum atomic E-state index is 6.48. The summed E-state index contributed by atoms with van der Waals surface area (Å²) in [4.78, 5) is 2.43. The molecule has 0 amide bonds. The van der Waals surface area contributed by atoms with Gasteiger partial charge in [-0.25, -0.2) is 0 Å². The van der Waals surface area contributed by atoms with Crippen LogP contribution in [0.1, 0.15) is 0 Å². The van der Waals surface area contributed by atoms with Crippen LogP contribution in [0.2, 0.25) is 0 Å². The summed E-state index contributed by atoms with van der Waals surface area (Å²) >= 11 is 1.88. The SMILES string of the molecule is c1ccc(-c2ccc3c(c2)sc2c(-c4ccccc4)ccc(N(c4ccc5c(ccc6ccccc65)c4)c4ccc5c(c4)oc4ccccc45)c23)cc1. The van der Waals surface area contributed by atoms with Crippen molar-refractivity contribution in [2.24, 2.45) is 0 Å². The summed E-state index contributed by atoms with van der Waals surface area (Å²) < 4.78 is 9.02. The fourth-order valence-electron chi connectivity index (χ4n) is 8.12. The third-order valence-electron chi connectivity index (χ3n) is 10.6. The number of fused-ring (bicyclic) bond motifs is 9. The van der Waals surface area contributed by atoms with Crippen molar-refractivity contribution >= 4 is 92.1 Å². The molecule has 2 nitrogen and oxygen atoms in total. The molecule has 0 bridgehead atoms. The second-order valence-electron chi connectivity index (χ2n) is 13.7. The van der Waals surface area contributed by atoms with Gasteiger partial charge in [0.2, 0.25) is 0 Å². The number of rotatable bonds is 5. The van der Waals surface area contributed by atoms with Crippen LogP contribution in [0.25, 0.3) is 85.9 Å². The van der Waals surface area contributed by atoms with Crippen LogP contribution in [-0.4, -0.2) is 0 Å². The summed E-state index contributed by atoms with van der Waals surface area (Å²) in [6, 6.07) is 68.0. The van der Waals surface area contributed by atoms with Gasteiger partial charge in [-0.3, -0.25) is 0 Å². The van der Waals surface area contributed by atoms with Gasteiger partial charge in [0.1, 0.15) is 11.2 Å². The molecule has 0 atom stereocenters. The lowest BCUT2D eigenvalue weighted by atomic mass is 9.98. The van der Waals surface area contributed by atoms with E-state index in [4.69, 9.17) is 4.42 Å². The van der Waals surface area contributed by atoms with Gasteiger partial charge in [-0.2, -0.15) is 0 Å². The van der Waals surface area contributed by atoms with Crippen molar-refractivity contribution in [3.05, 3.63) is 188 Å². The number of anilines is 3. The molecule has 248 valence electrons. The van der Waals surface area contributed by atoms with E-state index in [1.165, 1.54) is 64.0 Å². The first-order valence-corrected chi connectivity index (χ1v) is 18.8. The molecule has 0 spiro atoms. The lowest BCUT2D eigenvalue weighted by molar-refractivity contribution is 0.669. The molecule has 0 N–H and O–H groups in total. The van der Waals surface area contributed by atoms with Crippen LogP contribution in [-0.2, 0) is 0 Å². The number of hydrogen-bond acceptors (Lipinski definition) is 3. The maximum Gasteiger partial charge on any atom is 0.137 e. The van der Waals surface area contributed by atoms with Gasteiger partial charge in [0, 0.05) is 48.4 Å². The summed E-state index contributed by atoms with van der Waals surface area (Å²) in [5.41, 5.74) is 9.95. The Bertz CT molecular complexity index is 3180. The molecule has 0 aliphatic heterocycles. The Morgan fingerprint density at radius 2 is 1.04 bits per heavy atom. The average molecular weight is 694 g/mol. The Morgan fingerprint density at radius 3 is 1.89 bits per heavy atom. The monoisotopic (exact) mass is 693 g/mol. The fourth-order valence-corrected chi connectivity index (χ4v) is 9.42. The molecule has 0 radical (unpaired) electrons. The van der Waals surface area contributed by atoms with E-state index >= 15 is 0 Å². The Labute approximate surface area is 310 Å². The molecule has 0 aliphatic rings. The summed E-state index contributed by atoms with van der Waals surface area (Å²) in [5.74, 6) is 0. The predicted octanol–water partition coefficient (Wildman–Crippen LogP) is 15.1. The van der Waals surface area contributed by atoms with Gasteiger partial charge in [0.25, 0.3) is 0 Å². The van der Waals surface area contributed by atoms with E-state index in [1.807, 2.05) is 23.5 Å². The molecule has 53 heavy (non-hydrogen) atoms. The number of furan rings is 1. The molecule has 0 saturated heterocycles. The van der Waals surface area contributed by atoms with E-state index < -0.39 is 0 Å². The minimum atomic E-state index is 0.875. The molecular formula is C50H31NOS. The van der Waals surface area contributed by atoms with E-state index in [-0.39, 0.29) is 0 Å². The Balaban J connectivity index is 1.20. The van der Waals surface area contributed by atoms with Gasteiger partial charge in [-0.05, 0) is 86.3 Å². The van der Waals surface area contributed by atoms with Crippen molar-refractivity contribution in [3.8, 4) is 22.3 Å². The molecule has 0 fully saturated rings. The highest BCUT2D eigenvalue weighted by molar-refractivity contribution is 7.26. The third kappa shape index (κ3) is 4.86. The van der Waals surface area contributed by atoms with E-state index in [2.05, 4.69) is 181 Å². The van der Waals surface area contributed by atoms with Gasteiger partial charge < -0.3 is 9.32 Å². The molecular weight excluding hydrogens is 663 g/mol. The van der Waals surface area contributed by atoms with Gasteiger partial charge in [0.05, 0.1) is 5.69 Å². The molecule has 0 aliphatic carbocycles. The van der Waals surface area contributed by atoms with Crippen LogP contribution in [0.3, 0.4) is 0 Å². The van der Waals surface area contributed by atoms with Crippen molar-refractivity contribution in [3.63, 3.8) is 0 Å². The Hall–Kier alpha value is -6.68. The van der Waals surface area contributed by atoms with E-state index in [0.29, 0.717) is 0 Å². The van der Waals surface area contributed by atoms with E-state index in [9.17, 15) is 0 Å². The highest BCUT2D eigenvalue weighted by Gasteiger charge is 2.23. The molecule has 9 aromatic carbocycles. The van der Waals surface area contributed by atoms with Crippen molar-refractivity contribution in [2.45, 2.75) is 0 Å². The van der Waals surface area contributed by atoms with E-state index in [0.717, 1.165) is 39.0 Å². The second kappa shape index (κ2) is 11.9. The van der Waals surface area contributed by atoms with Crippen LogP contribution < -0.4 is 4.90 Å². The maximum absolute atomic E-state index is 6.48. The van der Waals surface area contributed by atoms with Crippen LogP contribution in [0.4, 0.5) is 17.1 Å². The molecule has 2 aromatic heterocycles. The van der Waals surface area contributed by atoms with Crippen molar-refractivity contribution < 1.29 is 4.42 Å². The lowest BCUT2D eigenvalue weighted by Crippen LogP contribution is -2.10. The average Bonchev–Trinajstić information content (AvgIpc) is 3.80. The number of nitrogens with zero attached hydrogens (tertiary/aromatic N) is 1. The van der Waals surface area contributed by atoms with Crippen LogP contribution in [0, 0.1) is 0 Å².